The van der Waals surface area contributed by atoms with Crippen LogP contribution in [0.3, 0.4) is 0 Å². The number of rotatable bonds is 53. The van der Waals surface area contributed by atoms with Gasteiger partial charge in [0.15, 0.2) is 0 Å². The van der Waals surface area contributed by atoms with Crippen LogP contribution >= 0.6 is 0 Å². The molecule has 0 radical (unpaired) electrons. The van der Waals surface area contributed by atoms with Crippen molar-refractivity contribution in [2.75, 3.05) is 72.7 Å². The Morgan fingerprint density at radius 2 is 0.500 bits per heavy atom. The third-order valence-electron chi connectivity index (χ3n) is 16.6. The third-order valence-corrected chi connectivity index (χ3v) is 16.6. The summed E-state index contributed by atoms with van der Waals surface area (Å²) in [6.45, 7) is 12.4. The van der Waals surface area contributed by atoms with E-state index in [4.69, 9.17) is 42.6 Å². The SMILES string of the molecule is CCOc1ccc(-c2ccc(C=CC(=O)OCCCCCCCCCCOCC(COCCCCCCCCCCOC(=O)C=Cc3ccc(-c4ccc(OCC)cc4)cc3)OCCCCCCCCCCOC(=O)C=Cc3ccc(-c4ccc(OCC)cc4)cc3)cc2)cc1. The number of carbonyl (C=O) groups is 3. The van der Waals surface area contributed by atoms with E-state index in [-0.39, 0.29) is 24.0 Å². The molecular weight excluding hydrogens is 1200 g/mol. The molecule has 6 aromatic carbocycles. The fourth-order valence-corrected chi connectivity index (χ4v) is 11.1. The summed E-state index contributed by atoms with van der Waals surface area (Å²) >= 11 is 0. The normalized spacial score (nSPS) is 11.8. The fourth-order valence-electron chi connectivity index (χ4n) is 11.1. The first-order chi connectivity index (χ1) is 47.3. The van der Waals surface area contributed by atoms with Crippen LogP contribution in [-0.2, 0) is 42.8 Å². The van der Waals surface area contributed by atoms with Crippen LogP contribution in [-0.4, -0.2) is 96.7 Å². The van der Waals surface area contributed by atoms with Gasteiger partial charge in [0.25, 0.3) is 0 Å². The van der Waals surface area contributed by atoms with Crippen molar-refractivity contribution in [3.8, 4) is 50.6 Å². The quantitative estimate of drug-likeness (QED) is 0.0156. The molecule has 0 fully saturated rings. The lowest BCUT2D eigenvalue weighted by atomic mass is 10.0. The van der Waals surface area contributed by atoms with Crippen LogP contribution in [0, 0.1) is 0 Å². The van der Waals surface area contributed by atoms with Gasteiger partial charge in [-0.2, -0.15) is 0 Å². The second-order valence-electron chi connectivity index (χ2n) is 24.4. The Kier molecular flexibility index (Phi) is 40.0. The fraction of sp³-hybridized carbons (Fsp3) is 0.464. The summed E-state index contributed by atoms with van der Waals surface area (Å²) in [6, 6.07) is 48.6. The molecule has 96 heavy (non-hydrogen) atoms. The topological polar surface area (TPSA) is 134 Å². The van der Waals surface area contributed by atoms with Crippen LogP contribution < -0.4 is 14.2 Å². The summed E-state index contributed by atoms with van der Waals surface area (Å²) in [7, 11) is 0. The molecule has 0 aliphatic rings. The zero-order valence-corrected chi connectivity index (χ0v) is 58.0. The maximum absolute atomic E-state index is 12.4. The van der Waals surface area contributed by atoms with Crippen LogP contribution in [0.15, 0.2) is 164 Å². The molecule has 6 rings (SSSR count). The van der Waals surface area contributed by atoms with Gasteiger partial charge in [-0.1, -0.05) is 225 Å². The lowest BCUT2D eigenvalue weighted by Gasteiger charge is -2.18. The predicted octanol–water partition coefficient (Wildman–Crippen LogP) is 20.7. The minimum absolute atomic E-state index is 0.0793. The van der Waals surface area contributed by atoms with Crippen molar-refractivity contribution >= 4 is 36.1 Å². The van der Waals surface area contributed by atoms with Gasteiger partial charge < -0.3 is 42.6 Å². The number of ether oxygens (including phenoxy) is 9. The van der Waals surface area contributed by atoms with E-state index in [1.165, 1.54) is 76.0 Å². The van der Waals surface area contributed by atoms with Crippen molar-refractivity contribution in [1.29, 1.82) is 0 Å². The monoisotopic (exact) mass is 1310 g/mol. The highest BCUT2D eigenvalue weighted by Crippen LogP contribution is 2.27. The number of hydrogen-bond acceptors (Lipinski definition) is 12. The highest BCUT2D eigenvalue weighted by atomic mass is 16.6. The van der Waals surface area contributed by atoms with Crippen molar-refractivity contribution in [3.05, 3.63) is 181 Å². The Balaban J connectivity index is 0.760. The summed E-state index contributed by atoms with van der Waals surface area (Å²) in [6.07, 6.45) is 36.2. The average molecular weight is 1310 g/mol. The van der Waals surface area contributed by atoms with Gasteiger partial charge in [0.2, 0.25) is 0 Å². The first-order valence-corrected chi connectivity index (χ1v) is 36.1. The van der Waals surface area contributed by atoms with Crippen molar-refractivity contribution in [2.24, 2.45) is 0 Å². The first-order valence-electron chi connectivity index (χ1n) is 36.1. The number of carbonyl (C=O) groups excluding carboxylic acids is 3. The summed E-state index contributed by atoms with van der Waals surface area (Å²) < 4.78 is 51.8. The van der Waals surface area contributed by atoms with Crippen LogP contribution in [0.4, 0.5) is 0 Å². The van der Waals surface area contributed by atoms with Gasteiger partial charge in [-0.25, -0.2) is 14.4 Å². The van der Waals surface area contributed by atoms with Crippen molar-refractivity contribution in [2.45, 2.75) is 181 Å². The molecule has 0 saturated heterocycles. The van der Waals surface area contributed by atoms with Gasteiger partial charge in [0.05, 0.1) is 52.9 Å². The summed E-state index contributed by atoms with van der Waals surface area (Å²) in [4.78, 5) is 37.1. The van der Waals surface area contributed by atoms with Gasteiger partial charge in [0, 0.05) is 38.0 Å². The predicted molar refractivity (Wildman–Crippen MR) is 391 cm³/mol. The number of unbranched alkanes of at least 4 members (excludes halogenated alkanes) is 21. The molecule has 0 spiro atoms. The Bertz CT molecular complexity index is 2940. The molecule has 12 nitrogen and oxygen atoms in total. The summed E-state index contributed by atoms with van der Waals surface area (Å²) in [5.74, 6) is 1.67. The van der Waals surface area contributed by atoms with Gasteiger partial charge in [-0.15, -0.1) is 0 Å². The molecule has 6 aromatic rings. The van der Waals surface area contributed by atoms with E-state index in [9.17, 15) is 14.4 Å². The van der Waals surface area contributed by atoms with E-state index < -0.39 is 0 Å². The maximum Gasteiger partial charge on any atom is 0.330 e. The molecule has 0 amide bonds. The second kappa shape index (κ2) is 49.7. The summed E-state index contributed by atoms with van der Waals surface area (Å²) in [5, 5.41) is 0. The Morgan fingerprint density at radius 3 is 0.750 bits per heavy atom. The van der Waals surface area contributed by atoms with Crippen molar-refractivity contribution in [1.82, 2.24) is 0 Å². The second-order valence-corrected chi connectivity index (χ2v) is 24.4. The minimum atomic E-state index is -0.307. The highest BCUT2D eigenvalue weighted by molar-refractivity contribution is 5.88. The average Bonchev–Trinajstić information content (AvgIpc) is 1.10. The smallest absolute Gasteiger partial charge is 0.330 e. The maximum atomic E-state index is 12.4. The molecule has 0 N–H and O–H groups in total. The van der Waals surface area contributed by atoms with Crippen LogP contribution in [0.25, 0.3) is 51.6 Å². The molecule has 0 bridgehead atoms. The molecule has 12 heteroatoms. The highest BCUT2D eigenvalue weighted by Gasteiger charge is 2.12. The van der Waals surface area contributed by atoms with Crippen LogP contribution in [0.1, 0.15) is 192 Å². The van der Waals surface area contributed by atoms with E-state index in [1.807, 2.05) is 93.6 Å². The molecule has 0 unspecified atom stereocenters. The molecule has 0 saturated carbocycles. The molecule has 0 atom stereocenters. The van der Waals surface area contributed by atoms with Gasteiger partial charge in [-0.3, -0.25) is 0 Å². The van der Waals surface area contributed by atoms with E-state index >= 15 is 0 Å². The lowest BCUT2D eigenvalue weighted by Crippen LogP contribution is -2.26. The molecule has 518 valence electrons. The van der Waals surface area contributed by atoms with E-state index in [0.717, 1.165) is 177 Å². The Labute approximate surface area is 575 Å². The van der Waals surface area contributed by atoms with E-state index in [1.54, 1.807) is 18.2 Å². The van der Waals surface area contributed by atoms with Crippen molar-refractivity contribution < 1.29 is 57.0 Å². The van der Waals surface area contributed by atoms with E-state index in [2.05, 4.69) is 72.8 Å². The van der Waals surface area contributed by atoms with Crippen LogP contribution in [0.2, 0.25) is 0 Å². The molecule has 0 heterocycles. The van der Waals surface area contributed by atoms with Gasteiger partial charge in [-0.05, 0) is 164 Å². The molecular formula is C84H110O12. The third kappa shape index (κ3) is 34.3. The zero-order valence-electron chi connectivity index (χ0n) is 58.0. The minimum Gasteiger partial charge on any atom is -0.494 e. The molecule has 0 aliphatic heterocycles. The zero-order chi connectivity index (χ0) is 67.6. The summed E-state index contributed by atoms with van der Waals surface area (Å²) in [5.41, 5.74) is 9.53. The standard InChI is InChI=1S/C84H110O12/c1-4-90-78-52-46-75(47-53-78)72-40-31-69(32-41-72)37-58-82(85)94-64-28-22-16-9-7-13-19-25-61-88-67-81(93-63-27-21-15-11-12-18-24-30-66-96-84(87)60-39-71-35-44-74(45-36-71)77-50-56-80(57-51-77)92-6-3)68-89-62-26-20-14-8-10-17-23-29-65-95-83(86)59-38-70-33-42-73(43-34-70)76-48-54-79(55-49-76)91-5-2/h31-60,81H,4-30,61-68H2,1-3H3. The Morgan fingerprint density at radius 1 is 0.281 bits per heavy atom. The molecule has 0 aromatic heterocycles. The van der Waals surface area contributed by atoms with Gasteiger partial charge >= 0.3 is 17.9 Å². The van der Waals surface area contributed by atoms with E-state index in [0.29, 0.717) is 59.5 Å². The number of esters is 3. The molecule has 0 aliphatic carbocycles. The van der Waals surface area contributed by atoms with Gasteiger partial charge in [0.1, 0.15) is 23.4 Å². The Hall–Kier alpha value is -7.77. The first kappa shape index (κ1) is 77.2. The van der Waals surface area contributed by atoms with Crippen molar-refractivity contribution in [3.63, 3.8) is 0 Å². The lowest BCUT2D eigenvalue weighted by molar-refractivity contribution is -0.138. The number of hydrogen-bond donors (Lipinski definition) is 0. The van der Waals surface area contributed by atoms with Crippen LogP contribution in [0.5, 0.6) is 17.2 Å². The largest absolute Gasteiger partial charge is 0.494 e. The number of benzene rings is 6.